The van der Waals surface area contributed by atoms with Gasteiger partial charge in [-0.25, -0.2) is 0 Å². The Bertz CT molecular complexity index is 970. The van der Waals surface area contributed by atoms with Crippen molar-refractivity contribution in [3.8, 4) is 5.75 Å². The third-order valence-corrected chi connectivity index (χ3v) is 5.03. The van der Waals surface area contributed by atoms with E-state index in [4.69, 9.17) is 27.9 Å². The molecule has 0 spiro atoms. The number of benzene rings is 2. The van der Waals surface area contributed by atoms with E-state index in [0.29, 0.717) is 15.7 Å². The first kappa shape index (κ1) is 23.4. The van der Waals surface area contributed by atoms with Crippen LogP contribution in [0.3, 0.4) is 0 Å². The maximum absolute atomic E-state index is 12.6. The molecule has 0 saturated heterocycles. The molecule has 2 N–H and O–H groups in total. The van der Waals surface area contributed by atoms with E-state index < -0.39 is 16.9 Å². The van der Waals surface area contributed by atoms with Crippen molar-refractivity contribution in [1.29, 1.82) is 0 Å². The summed E-state index contributed by atoms with van der Waals surface area (Å²) in [5.74, 6) is -0.539. The van der Waals surface area contributed by atoms with Crippen molar-refractivity contribution >= 4 is 52.1 Å². The van der Waals surface area contributed by atoms with E-state index in [9.17, 15) is 19.7 Å². The standard InChI is InChI=1S/C19H20Cl2N4O5/c1-11(19(27)23-16-9-13(25(28)29)5-7-17(16)30-3)24(2)10-18(26)22-12-4-6-14(20)15(21)8-12/h4-9,11H,10H2,1-3H3,(H,22,26)(H,23,27). The van der Waals surface area contributed by atoms with Crippen molar-refractivity contribution in [2.24, 2.45) is 0 Å². The minimum atomic E-state index is -0.714. The first-order valence-corrected chi connectivity index (χ1v) is 9.46. The van der Waals surface area contributed by atoms with Gasteiger partial charge in [0.1, 0.15) is 5.75 Å². The number of hydrogen-bond acceptors (Lipinski definition) is 6. The number of nitrogens with zero attached hydrogens (tertiary/aromatic N) is 2. The van der Waals surface area contributed by atoms with Crippen LogP contribution in [0.15, 0.2) is 36.4 Å². The van der Waals surface area contributed by atoms with E-state index in [-0.39, 0.29) is 29.6 Å². The van der Waals surface area contributed by atoms with Gasteiger partial charge in [0.25, 0.3) is 5.69 Å². The van der Waals surface area contributed by atoms with E-state index in [1.165, 1.54) is 36.3 Å². The molecule has 9 nitrogen and oxygen atoms in total. The number of halogens is 2. The van der Waals surface area contributed by atoms with E-state index in [0.717, 1.165) is 0 Å². The quantitative estimate of drug-likeness (QED) is 0.462. The van der Waals surface area contributed by atoms with Crippen molar-refractivity contribution in [1.82, 2.24) is 4.90 Å². The topological polar surface area (TPSA) is 114 Å². The summed E-state index contributed by atoms with van der Waals surface area (Å²) in [4.78, 5) is 36.8. The number of ether oxygens (including phenoxy) is 1. The number of anilines is 2. The smallest absolute Gasteiger partial charge is 0.271 e. The van der Waals surface area contributed by atoms with Crippen LogP contribution in [-0.2, 0) is 9.59 Å². The molecule has 2 amide bonds. The number of hydrogen-bond donors (Lipinski definition) is 2. The Hall–Kier alpha value is -2.88. The fraction of sp³-hybridized carbons (Fsp3) is 0.263. The molecule has 0 fully saturated rings. The highest BCUT2D eigenvalue weighted by Gasteiger charge is 2.22. The van der Waals surface area contributed by atoms with Crippen molar-refractivity contribution in [3.05, 3.63) is 56.6 Å². The van der Waals surface area contributed by atoms with Gasteiger partial charge in [0, 0.05) is 17.8 Å². The highest BCUT2D eigenvalue weighted by Crippen LogP contribution is 2.29. The molecule has 0 saturated carbocycles. The first-order valence-electron chi connectivity index (χ1n) is 8.70. The fourth-order valence-corrected chi connectivity index (χ4v) is 2.78. The van der Waals surface area contributed by atoms with Gasteiger partial charge in [0.05, 0.1) is 40.4 Å². The van der Waals surface area contributed by atoms with Crippen LogP contribution in [0.25, 0.3) is 0 Å². The summed E-state index contributed by atoms with van der Waals surface area (Å²) in [5.41, 5.74) is 0.451. The number of carbonyl (C=O) groups is 2. The average molecular weight is 455 g/mol. The third-order valence-electron chi connectivity index (χ3n) is 4.29. The van der Waals surface area contributed by atoms with Crippen LogP contribution in [0.1, 0.15) is 6.92 Å². The number of rotatable bonds is 8. The van der Waals surface area contributed by atoms with Crippen LogP contribution in [-0.4, -0.2) is 48.4 Å². The molecular weight excluding hydrogens is 435 g/mol. The highest BCUT2D eigenvalue weighted by atomic mass is 35.5. The second-order valence-corrected chi connectivity index (χ2v) is 7.21. The molecule has 0 bridgehead atoms. The minimum Gasteiger partial charge on any atom is -0.495 e. The second-order valence-electron chi connectivity index (χ2n) is 6.40. The van der Waals surface area contributed by atoms with Crippen molar-refractivity contribution in [3.63, 3.8) is 0 Å². The maximum atomic E-state index is 12.6. The minimum absolute atomic E-state index is 0.0824. The lowest BCUT2D eigenvalue weighted by molar-refractivity contribution is -0.384. The summed E-state index contributed by atoms with van der Waals surface area (Å²) in [6.45, 7) is 1.52. The van der Waals surface area contributed by atoms with Gasteiger partial charge in [-0.3, -0.25) is 24.6 Å². The molecule has 1 unspecified atom stereocenters. The van der Waals surface area contributed by atoms with Gasteiger partial charge in [0.15, 0.2) is 0 Å². The molecular formula is C19H20Cl2N4O5. The van der Waals surface area contributed by atoms with Crippen LogP contribution in [0.5, 0.6) is 5.75 Å². The van der Waals surface area contributed by atoms with Gasteiger partial charge in [0.2, 0.25) is 11.8 Å². The number of methoxy groups -OCH3 is 1. The van der Waals surface area contributed by atoms with Gasteiger partial charge in [-0.1, -0.05) is 23.2 Å². The molecule has 160 valence electrons. The molecule has 1 atom stereocenters. The van der Waals surface area contributed by atoms with E-state index in [1.807, 2.05) is 0 Å². The SMILES string of the molecule is COc1ccc([N+](=O)[O-])cc1NC(=O)C(C)N(C)CC(=O)Nc1ccc(Cl)c(Cl)c1. The molecule has 0 heterocycles. The Morgan fingerprint density at radius 3 is 2.47 bits per heavy atom. The average Bonchev–Trinajstić information content (AvgIpc) is 2.69. The van der Waals surface area contributed by atoms with Crippen molar-refractivity contribution in [2.45, 2.75) is 13.0 Å². The highest BCUT2D eigenvalue weighted by molar-refractivity contribution is 6.42. The number of likely N-dealkylation sites (N-methyl/N-ethyl adjacent to an activating group) is 1. The van der Waals surface area contributed by atoms with Gasteiger partial charge >= 0.3 is 0 Å². The largest absolute Gasteiger partial charge is 0.495 e. The number of nitro benzene ring substituents is 1. The molecule has 0 aromatic heterocycles. The molecule has 2 rings (SSSR count). The zero-order valence-corrected chi connectivity index (χ0v) is 18.0. The van der Waals surface area contributed by atoms with Gasteiger partial charge in [-0.2, -0.15) is 0 Å². The third kappa shape index (κ3) is 6.06. The van der Waals surface area contributed by atoms with E-state index in [2.05, 4.69) is 10.6 Å². The molecule has 0 aliphatic heterocycles. The van der Waals surface area contributed by atoms with E-state index >= 15 is 0 Å². The lowest BCUT2D eigenvalue weighted by Gasteiger charge is -2.23. The number of amides is 2. The first-order chi connectivity index (χ1) is 14.1. The monoisotopic (exact) mass is 454 g/mol. The summed E-state index contributed by atoms with van der Waals surface area (Å²) in [6.07, 6.45) is 0. The normalized spacial score (nSPS) is 11.7. The van der Waals surface area contributed by atoms with Crippen molar-refractivity contribution < 1.29 is 19.2 Å². The van der Waals surface area contributed by atoms with Gasteiger partial charge < -0.3 is 15.4 Å². The Labute approximate surface area is 183 Å². The molecule has 2 aromatic carbocycles. The lowest BCUT2D eigenvalue weighted by Crippen LogP contribution is -2.43. The van der Waals surface area contributed by atoms with Crippen LogP contribution in [0.4, 0.5) is 17.1 Å². The summed E-state index contributed by atoms with van der Waals surface area (Å²) in [5, 5.41) is 16.9. The Morgan fingerprint density at radius 1 is 1.17 bits per heavy atom. The van der Waals surface area contributed by atoms with Gasteiger partial charge in [-0.15, -0.1) is 0 Å². The summed E-state index contributed by atoms with van der Waals surface area (Å²) < 4.78 is 5.13. The zero-order chi connectivity index (χ0) is 22.4. The molecule has 0 radical (unpaired) electrons. The predicted molar refractivity (Wildman–Crippen MR) is 115 cm³/mol. The molecule has 0 aliphatic carbocycles. The number of carbonyl (C=O) groups excluding carboxylic acids is 2. The number of nitrogens with one attached hydrogen (secondary N) is 2. The van der Waals surface area contributed by atoms with Crippen LogP contribution in [0.2, 0.25) is 10.0 Å². The molecule has 0 aliphatic rings. The maximum Gasteiger partial charge on any atom is 0.271 e. The lowest BCUT2D eigenvalue weighted by atomic mass is 10.2. The predicted octanol–water partition coefficient (Wildman–Crippen LogP) is 3.81. The summed E-state index contributed by atoms with van der Waals surface area (Å²) in [7, 11) is 2.99. The number of nitro groups is 1. The molecule has 2 aromatic rings. The molecule has 11 heteroatoms. The van der Waals surface area contributed by atoms with Gasteiger partial charge in [-0.05, 0) is 38.2 Å². The second kappa shape index (κ2) is 10.2. The van der Waals surface area contributed by atoms with Crippen LogP contribution < -0.4 is 15.4 Å². The van der Waals surface area contributed by atoms with Crippen molar-refractivity contribution in [2.75, 3.05) is 31.3 Å². The molecule has 30 heavy (non-hydrogen) atoms. The number of non-ortho nitro benzene ring substituents is 1. The van der Waals surface area contributed by atoms with Crippen LogP contribution >= 0.6 is 23.2 Å². The summed E-state index contributed by atoms with van der Waals surface area (Å²) in [6, 6.07) is 7.85. The Kier molecular flexibility index (Phi) is 7.99. The Morgan fingerprint density at radius 2 is 1.87 bits per heavy atom. The summed E-state index contributed by atoms with van der Waals surface area (Å²) >= 11 is 11.8. The van der Waals surface area contributed by atoms with Crippen LogP contribution in [0, 0.1) is 10.1 Å². The Balaban J connectivity index is 2.01. The van der Waals surface area contributed by atoms with E-state index in [1.54, 1.807) is 26.1 Å². The zero-order valence-electron chi connectivity index (χ0n) is 16.4. The fourth-order valence-electron chi connectivity index (χ4n) is 2.48.